The summed E-state index contributed by atoms with van der Waals surface area (Å²) in [5.74, 6) is -9.36. The number of amides is 2. The number of ketones is 2. The van der Waals surface area contributed by atoms with Gasteiger partial charge >= 0.3 is 0 Å². The van der Waals surface area contributed by atoms with Gasteiger partial charge in [-0.25, -0.2) is 4.39 Å². The molecule has 0 aromatic heterocycles. The van der Waals surface area contributed by atoms with Crippen LogP contribution in [-0.2, 0) is 20.8 Å². The van der Waals surface area contributed by atoms with E-state index in [9.17, 15) is 34.5 Å². The van der Waals surface area contributed by atoms with Crippen molar-refractivity contribution in [2.24, 2.45) is 29.2 Å². The lowest BCUT2D eigenvalue weighted by Crippen LogP contribution is -2.52. The van der Waals surface area contributed by atoms with Gasteiger partial charge in [-0.3, -0.25) is 24.1 Å². The molecule has 5 rings (SSSR count). The number of aliphatic hydroxyl groups is 2. The van der Waals surface area contributed by atoms with Gasteiger partial charge in [0.25, 0.3) is 5.91 Å². The predicted octanol–water partition coefficient (Wildman–Crippen LogP) is 0.576. The van der Waals surface area contributed by atoms with Crippen LogP contribution in [0.1, 0.15) is 35.2 Å². The smallest absolute Gasteiger partial charge is 0.255 e. The van der Waals surface area contributed by atoms with Crippen molar-refractivity contribution in [3.05, 3.63) is 45.7 Å². The Labute approximate surface area is 210 Å². The molecule has 12 heteroatoms. The summed E-state index contributed by atoms with van der Waals surface area (Å²) in [7, 11) is 0. The fourth-order valence-corrected chi connectivity index (χ4v) is 6.15. The molecule has 1 aromatic rings. The van der Waals surface area contributed by atoms with E-state index < -0.39 is 81.4 Å². The van der Waals surface area contributed by atoms with Crippen LogP contribution in [0.4, 0.5) is 10.1 Å². The van der Waals surface area contributed by atoms with E-state index in [1.807, 2.05) is 4.90 Å². The molecule has 0 radical (unpaired) electrons. The number of aliphatic hydroxyl groups excluding tert-OH is 2. The van der Waals surface area contributed by atoms with Gasteiger partial charge in [-0.2, -0.15) is 0 Å². The molecule has 1 heterocycles. The van der Waals surface area contributed by atoms with Crippen LogP contribution < -0.4 is 16.8 Å². The van der Waals surface area contributed by atoms with E-state index in [1.165, 1.54) is 0 Å². The maximum atomic E-state index is 15.2. The Balaban J connectivity index is 1.52. The molecule has 1 fully saturated rings. The Hall–Kier alpha value is -3.77. The highest BCUT2D eigenvalue weighted by Crippen LogP contribution is 2.50. The van der Waals surface area contributed by atoms with Gasteiger partial charge in [0.2, 0.25) is 5.91 Å². The molecule has 1 aliphatic heterocycles. The Morgan fingerprint density at radius 1 is 1.14 bits per heavy atom. The van der Waals surface area contributed by atoms with E-state index in [-0.39, 0.29) is 36.2 Å². The molecule has 8 N–H and O–H groups in total. The molecule has 4 atom stereocenters. The quantitative estimate of drug-likeness (QED) is 0.246. The van der Waals surface area contributed by atoms with Crippen molar-refractivity contribution in [2.45, 2.75) is 31.7 Å². The second kappa shape index (κ2) is 8.96. The van der Waals surface area contributed by atoms with Crippen LogP contribution in [0, 0.1) is 23.6 Å². The molecule has 1 aromatic carbocycles. The molecule has 196 valence electrons. The third-order valence-corrected chi connectivity index (χ3v) is 7.89. The van der Waals surface area contributed by atoms with Crippen molar-refractivity contribution in [2.75, 3.05) is 25.0 Å². The first-order valence-corrected chi connectivity index (χ1v) is 12.1. The number of anilines is 1. The number of hydrogen-bond acceptors (Lipinski definition) is 9. The number of phenols is 1. The monoisotopic (exact) mass is 514 g/mol. The number of benzene rings is 1. The summed E-state index contributed by atoms with van der Waals surface area (Å²) in [6.07, 6.45) is 1.86. The van der Waals surface area contributed by atoms with Crippen molar-refractivity contribution in [1.29, 1.82) is 0 Å². The largest absolute Gasteiger partial charge is 0.511 e. The van der Waals surface area contributed by atoms with Crippen molar-refractivity contribution >= 4 is 29.1 Å². The number of nitrogens with two attached hydrogens (primary N) is 2. The maximum Gasteiger partial charge on any atom is 0.255 e. The second-order valence-corrected chi connectivity index (χ2v) is 10.1. The van der Waals surface area contributed by atoms with Crippen LogP contribution in [0.2, 0.25) is 0 Å². The van der Waals surface area contributed by atoms with E-state index in [2.05, 4.69) is 5.32 Å². The summed E-state index contributed by atoms with van der Waals surface area (Å²) < 4.78 is 15.2. The average molecular weight is 515 g/mol. The highest BCUT2D eigenvalue weighted by Gasteiger charge is 2.53. The highest BCUT2D eigenvalue weighted by molar-refractivity contribution is 6.22. The van der Waals surface area contributed by atoms with E-state index >= 15 is 4.39 Å². The van der Waals surface area contributed by atoms with E-state index in [4.69, 9.17) is 11.5 Å². The number of carbonyl (C=O) groups excluding carboxylic acids is 4. The Kier molecular flexibility index (Phi) is 6.03. The number of nitrogens with one attached hydrogen (secondary N) is 1. The number of halogens is 1. The third kappa shape index (κ3) is 3.87. The molecule has 2 amide bonds. The Bertz CT molecular complexity index is 1310. The minimum atomic E-state index is -1.40. The average Bonchev–Trinajstić information content (AvgIpc) is 3.33. The highest BCUT2D eigenvalue weighted by atomic mass is 19.1. The molecule has 0 spiro atoms. The number of hydrogen-bond donors (Lipinski definition) is 6. The first-order valence-electron chi connectivity index (χ1n) is 12.1. The number of carbonyl (C=O) groups is 4. The summed E-state index contributed by atoms with van der Waals surface area (Å²) >= 11 is 0. The van der Waals surface area contributed by atoms with Crippen molar-refractivity contribution in [3.8, 4) is 5.75 Å². The van der Waals surface area contributed by atoms with Crippen LogP contribution in [0.25, 0.3) is 0 Å². The van der Waals surface area contributed by atoms with E-state index in [0.717, 1.165) is 32.0 Å². The predicted molar refractivity (Wildman–Crippen MR) is 127 cm³/mol. The number of rotatable bonds is 4. The standard InChI is InChI=1S/C25H27FN4O7/c26-12-7-13(29-14(31)8-30-3-1-2-4-30)20(32)16-10(12)5-9-6-11-17(22(34)15(9)21(16)33)23(35)18(25(28)37)24(36)19(11)27/h7,9,11,17,19,32,34,36H,1-6,8,27H2,(H2,28,37)(H,29,31)/t9-,11+,17+,19-/m0/s1. The van der Waals surface area contributed by atoms with Gasteiger partial charge in [0.1, 0.15) is 22.9 Å². The number of aromatic hydroxyl groups is 1. The molecule has 4 aliphatic rings. The van der Waals surface area contributed by atoms with Gasteiger partial charge in [-0.15, -0.1) is 0 Å². The van der Waals surface area contributed by atoms with E-state index in [0.29, 0.717) is 0 Å². The number of Topliss-reactive ketones (excluding diaryl/α,β-unsaturated/α-hetero) is 2. The zero-order valence-electron chi connectivity index (χ0n) is 19.8. The minimum absolute atomic E-state index is 0.0345. The lowest BCUT2D eigenvalue weighted by Gasteiger charge is -2.43. The number of phenolic OH excluding ortho intramolecular Hbond substituents is 1. The third-order valence-electron chi connectivity index (χ3n) is 7.89. The van der Waals surface area contributed by atoms with Gasteiger partial charge in [-0.05, 0) is 50.6 Å². The summed E-state index contributed by atoms with van der Waals surface area (Å²) in [5, 5.41) is 34.7. The number of nitrogens with zero attached hydrogens (tertiary/aromatic N) is 1. The maximum absolute atomic E-state index is 15.2. The van der Waals surface area contributed by atoms with Crippen LogP contribution in [0.15, 0.2) is 28.7 Å². The van der Waals surface area contributed by atoms with Crippen molar-refractivity contribution in [3.63, 3.8) is 0 Å². The molecule has 1 saturated heterocycles. The number of primary amides is 1. The first kappa shape index (κ1) is 24.9. The topological polar surface area (TPSA) is 196 Å². The van der Waals surface area contributed by atoms with Gasteiger partial charge in [0, 0.05) is 17.2 Å². The second-order valence-electron chi connectivity index (χ2n) is 10.1. The molecule has 3 aliphatic carbocycles. The number of fused-ring (bicyclic) bond motifs is 3. The SMILES string of the molecule is NC(=O)C1=C(O)[C@@H](N)[C@@H]2C[C@@H]3Cc4c(F)cc(NC(=O)CN5CCCC5)c(O)c4C(=O)C3=C(O)[C@@H]2C1=O. The molecule has 0 unspecified atom stereocenters. The normalized spacial score (nSPS) is 27.6. The Morgan fingerprint density at radius 2 is 1.81 bits per heavy atom. The molecule has 37 heavy (non-hydrogen) atoms. The summed E-state index contributed by atoms with van der Waals surface area (Å²) in [6, 6.07) is -0.260. The zero-order valence-corrected chi connectivity index (χ0v) is 19.8. The fraction of sp³-hybridized carbons (Fsp3) is 0.440. The van der Waals surface area contributed by atoms with E-state index in [1.54, 1.807) is 0 Å². The van der Waals surface area contributed by atoms with Crippen molar-refractivity contribution < 1.29 is 38.9 Å². The molecule has 11 nitrogen and oxygen atoms in total. The molecule has 0 bridgehead atoms. The molecular weight excluding hydrogens is 487 g/mol. The lowest BCUT2D eigenvalue weighted by molar-refractivity contribution is -0.126. The van der Waals surface area contributed by atoms with Crippen LogP contribution >= 0.6 is 0 Å². The van der Waals surface area contributed by atoms with Crippen molar-refractivity contribution in [1.82, 2.24) is 4.90 Å². The van der Waals surface area contributed by atoms with Crippen LogP contribution in [0.3, 0.4) is 0 Å². The summed E-state index contributed by atoms with van der Waals surface area (Å²) in [6.45, 7) is 1.55. The van der Waals surface area contributed by atoms with Gasteiger partial charge in [0.15, 0.2) is 17.3 Å². The van der Waals surface area contributed by atoms with Crippen LogP contribution in [-0.4, -0.2) is 69.3 Å². The van der Waals surface area contributed by atoms with Gasteiger partial charge in [-0.1, -0.05) is 0 Å². The number of allylic oxidation sites excluding steroid dienone is 2. The zero-order chi connectivity index (χ0) is 26.8. The first-order chi connectivity index (χ1) is 17.5. The van der Waals surface area contributed by atoms with Gasteiger partial charge in [0.05, 0.1) is 29.8 Å². The summed E-state index contributed by atoms with van der Waals surface area (Å²) in [5.41, 5.74) is 9.59. The summed E-state index contributed by atoms with van der Waals surface area (Å²) in [4.78, 5) is 52.7. The minimum Gasteiger partial charge on any atom is -0.511 e. The number of likely N-dealkylation sites (tertiary alicyclic amines) is 1. The lowest BCUT2D eigenvalue weighted by atomic mass is 9.61. The van der Waals surface area contributed by atoms with Gasteiger partial charge < -0.3 is 32.1 Å². The van der Waals surface area contributed by atoms with Crippen LogP contribution in [0.5, 0.6) is 5.75 Å². The fourth-order valence-electron chi connectivity index (χ4n) is 6.15. The molecule has 0 saturated carbocycles. The molecular formula is C25H27FN4O7. The Morgan fingerprint density at radius 3 is 2.46 bits per heavy atom.